The Kier molecular flexibility index (Phi) is 5.58. The van der Waals surface area contributed by atoms with Gasteiger partial charge in [0.15, 0.2) is 0 Å². The van der Waals surface area contributed by atoms with Crippen LogP contribution in [0.2, 0.25) is 0 Å². The molecule has 0 aromatic heterocycles. The highest BCUT2D eigenvalue weighted by Gasteiger charge is 2.21. The smallest absolute Gasteiger partial charge is 0.335 e. The Morgan fingerprint density at radius 3 is 2.42 bits per heavy atom. The van der Waals surface area contributed by atoms with Crippen molar-refractivity contribution >= 4 is 21.7 Å². The van der Waals surface area contributed by atoms with E-state index in [1.54, 1.807) is 0 Å². The summed E-state index contributed by atoms with van der Waals surface area (Å²) in [6, 6.07) is 11.9. The van der Waals surface area contributed by atoms with Crippen LogP contribution in [0.4, 0.5) is 5.69 Å². The largest absolute Gasteiger partial charge is 0.478 e. The summed E-state index contributed by atoms with van der Waals surface area (Å²) in [5.41, 5.74) is 1.74. The first-order valence-electron chi connectivity index (χ1n) is 7.53. The first-order valence-corrected chi connectivity index (χ1v) is 9.08. The molecule has 7 heteroatoms. The van der Waals surface area contributed by atoms with Crippen molar-refractivity contribution in [3.05, 3.63) is 59.2 Å². The molecule has 0 bridgehead atoms. The molecule has 2 aromatic carbocycles. The van der Waals surface area contributed by atoms with Gasteiger partial charge in [0, 0.05) is 18.7 Å². The molecule has 0 aliphatic carbocycles. The van der Waals surface area contributed by atoms with Crippen LogP contribution < -0.4 is 10.5 Å². The number of hydrogen-bond donors (Lipinski definition) is 3. The molecule has 0 aliphatic rings. The molecule has 0 amide bonds. The van der Waals surface area contributed by atoms with Crippen LogP contribution in [-0.2, 0) is 16.4 Å². The first-order chi connectivity index (χ1) is 11.3. The van der Waals surface area contributed by atoms with Crippen LogP contribution in [0, 0.1) is 0 Å². The summed E-state index contributed by atoms with van der Waals surface area (Å²) in [6.45, 7) is 2.56. The molecule has 0 spiro atoms. The van der Waals surface area contributed by atoms with Gasteiger partial charge in [-0.15, -0.1) is 0 Å². The van der Waals surface area contributed by atoms with Gasteiger partial charge in [-0.25, -0.2) is 18.4 Å². The predicted molar refractivity (Wildman–Crippen MR) is 92.8 cm³/mol. The fourth-order valence-electron chi connectivity index (χ4n) is 2.42. The number of carbonyl (C=O) groups is 1. The molecule has 24 heavy (non-hydrogen) atoms. The topological polar surface area (TPSA) is 109 Å². The summed E-state index contributed by atoms with van der Waals surface area (Å²) in [5, 5.41) is 17.7. The van der Waals surface area contributed by atoms with Gasteiger partial charge in [-0.05, 0) is 29.7 Å². The monoisotopic (exact) mass is 348 g/mol. The molecule has 0 atom stereocenters. The average Bonchev–Trinajstić information content (AvgIpc) is 2.53. The SMILES string of the molecule is CCCNc1cc(C(=O)O)cc(S(N)(=O)=O)c1Cc1ccccc1. The molecule has 0 radical (unpaired) electrons. The van der Waals surface area contributed by atoms with E-state index in [-0.39, 0.29) is 10.5 Å². The van der Waals surface area contributed by atoms with Crippen molar-refractivity contribution in [2.75, 3.05) is 11.9 Å². The highest BCUT2D eigenvalue weighted by atomic mass is 32.2. The van der Waals surface area contributed by atoms with Gasteiger partial charge < -0.3 is 10.4 Å². The van der Waals surface area contributed by atoms with Crippen molar-refractivity contribution in [3.8, 4) is 0 Å². The van der Waals surface area contributed by atoms with Crippen molar-refractivity contribution in [2.45, 2.75) is 24.7 Å². The maximum Gasteiger partial charge on any atom is 0.335 e. The van der Waals surface area contributed by atoms with E-state index in [1.807, 2.05) is 37.3 Å². The van der Waals surface area contributed by atoms with E-state index in [9.17, 15) is 18.3 Å². The summed E-state index contributed by atoms with van der Waals surface area (Å²) in [6.07, 6.45) is 1.14. The number of carboxylic acid groups (broad SMARTS) is 1. The number of benzene rings is 2. The average molecular weight is 348 g/mol. The Bertz CT molecular complexity index is 833. The molecule has 2 aromatic rings. The van der Waals surface area contributed by atoms with Gasteiger partial charge in [0.25, 0.3) is 0 Å². The number of anilines is 1. The quantitative estimate of drug-likeness (QED) is 0.712. The number of aromatic carboxylic acids is 1. The highest BCUT2D eigenvalue weighted by Crippen LogP contribution is 2.28. The van der Waals surface area contributed by atoms with E-state index in [4.69, 9.17) is 5.14 Å². The van der Waals surface area contributed by atoms with Crippen LogP contribution >= 0.6 is 0 Å². The zero-order chi connectivity index (χ0) is 17.7. The Labute approximate surface area is 141 Å². The van der Waals surface area contributed by atoms with Gasteiger partial charge in [0.05, 0.1) is 10.5 Å². The lowest BCUT2D eigenvalue weighted by molar-refractivity contribution is 0.0696. The third-order valence-electron chi connectivity index (χ3n) is 3.55. The maximum absolute atomic E-state index is 12.0. The van der Waals surface area contributed by atoms with Gasteiger partial charge >= 0.3 is 5.97 Å². The molecule has 0 saturated carbocycles. The van der Waals surface area contributed by atoms with E-state index in [2.05, 4.69) is 5.32 Å². The Morgan fingerprint density at radius 2 is 1.88 bits per heavy atom. The van der Waals surface area contributed by atoms with Gasteiger partial charge in [0.2, 0.25) is 10.0 Å². The Balaban J connectivity index is 2.64. The molecule has 0 unspecified atom stereocenters. The van der Waals surface area contributed by atoms with Gasteiger partial charge in [0.1, 0.15) is 0 Å². The van der Waals surface area contributed by atoms with E-state index in [0.717, 1.165) is 18.1 Å². The summed E-state index contributed by atoms with van der Waals surface area (Å²) in [7, 11) is -4.06. The van der Waals surface area contributed by atoms with E-state index < -0.39 is 16.0 Å². The first kappa shape index (κ1) is 18.0. The minimum atomic E-state index is -4.06. The van der Waals surface area contributed by atoms with Crippen molar-refractivity contribution in [1.29, 1.82) is 0 Å². The minimum absolute atomic E-state index is 0.116. The van der Waals surface area contributed by atoms with Crippen LogP contribution in [0.25, 0.3) is 0 Å². The number of carboxylic acids is 1. The summed E-state index contributed by atoms with van der Waals surface area (Å²) < 4.78 is 24.0. The van der Waals surface area contributed by atoms with Gasteiger partial charge in [-0.1, -0.05) is 37.3 Å². The standard InChI is InChI=1S/C17H20N2O4S/c1-2-8-19-15-10-13(17(20)21)11-16(24(18,22)23)14(15)9-12-6-4-3-5-7-12/h3-7,10-11,19H,2,8-9H2,1H3,(H,20,21)(H2,18,22,23). The number of nitrogens with one attached hydrogen (secondary N) is 1. The van der Waals surface area contributed by atoms with Crippen LogP contribution in [0.15, 0.2) is 47.4 Å². The van der Waals surface area contributed by atoms with Gasteiger partial charge in [-0.3, -0.25) is 0 Å². The lowest BCUT2D eigenvalue weighted by Crippen LogP contribution is -2.18. The number of hydrogen-bond acceptors (Lipinski definition) is 4. The molecule has 6 nitrogen and oxygen atoms in total. The van der Waals surface area contributed by atoms with Crippen molar-refractivity contribution in [2.24, 2.45) is 5.14 Å². The number of sulfonamides is 1. The van der Waals surface area contributed by atoms with Crippen LogP contribution in [0.5, 0.6) is 0 Å². The zero-order valence-corrected chi connectivity index (χ0v) is 14.1. The van der Waals surface area contributed by atoms with E-state index in [1.165, 1.54) is 6.07 Å². The molecular weight excluding hydrogens is 328 g/mol. The molecule has 0 aliphatic heterocycles. The third kappa shape index (κ3) is 4.33. The zero-order valence-electron chi connectivity index (χ0n) is 13.3. The number of rotatable bonds is 7. The van der Waals surface area contributed by atoms with E-state index in [0.29, 0.717) is 24.2 Å². The highest BCUT2D eigenvalue weighted by molar-refractivity contribution is 7.89. The Morgan fingerprint density at radius 1 is 1.21 bits per heavy atom. The van der Waals surface area contributed by atoms with E-state index >= 15 is 0 Å². The molecular formula is C17H20N2O4S. The summed E-state index contributed by atoms with van der Waals surface area (Å²) in [4.78, 5) is 11.2. The maximum atomic E-state index is 12.0. The number of primary sulfonamides is 1. The lowest BCUT2D eigenvalue weighted by atomic mass is 10.0. The van der Waals surface area contributed by atoms with Crippen LogP contribution in [0.1, 0.15) is 34.8 Å². The van der Waals surface area contributed by atoms with Gasteiger partial charge in [-0.2, -0.15) is 0 Å². The fourth-order valence-corrected chi connectivity index (χ4v) is 3.24. The fraction of sp³-hybridized carbons (Fsp3) is 0.235. The second-order valence-electron chi connectivity index (χ2n) is 5.44. The summed E-state index contributed by atoms with van der Waals surface area (Å²) in [5.74, 6) is -1.20. The van der Waals surface area contributed by atoms with Crippen molar-refractivity contribution < 1.29 is 18.3 Å². The third-order valence-corrected chi connectivity index (χ3v) is 4.53. The minimum Gasteiger partial charge on any atom is -0.478 e. The lowest BCUT2D eigenvalue weighted by Gasteiger charge is -2.16. The second-order valence-corrected chi connectivity index (χ2v) is 6.97. The molecule has 0 saturated heterocycles. The molecule has 0 fully saturated rings. The van der Waals surface area contributed by atoms with Crippen LogP contribution in [-0.4, -0.2) is 26.0 Å². The second kappa shape index (κ2) is 7.46. The molecule has 2 rings (SSSR count). The normalized spacial score (nSPS) is 11.2. The van der Waals surface area contributed by atoms with Crippen molar-refractivity contribution in [1.82, 2.24) is 0 Å². The predicted octanol–water partition coefficient (Wildman–Crippen LogP) is 2.44. The van der Waals surface area contributed by atoms with Crippen molar-refractivity contribution in [3.63, 3.8) is 0 Å². The number of nitrogens with two attached hydrogens (primary N) is 1. The molecule has 128 valence electrons. The molecule has 4 N–H and O–H groups in total. The van der Waals surface area contributed by atoms with Crippen LogP contribution in [0.3, 0.4) is 0 Å². The Hall–Kier alpha value is -2.38. The molecule has 0 heterocycles. The summed E-state index contributed by atoms with van der Waals surface area (Å²) >= 11 is 0.